The number of carbonyl (C=O) groups is 2. The second kappa shape index (κ2) is 10.1. The van der Waals surface area contributed by atoms with Crippen molar-refractivity contribution in [3.63, 3.8) is 0 Å². The first-order valence-electron chi connectivity index (χ1n) is 9.18. The van der Waals surface area contributed by atoms with Gasteiger partial charge in [-0.3, -0.25) is 14.5 Å². The molecule has 2 N–H and O–H groups in total. The van der Waals surface area contributed by atoms with Crippen molar-refractivity contribution >= 4 is 17.5 Å². The zero-order valence-corrected chi connectivity index (χ0v) is 16.0. The van der Waals surface area contributed by atoms with Crippen molar-refractivity contribution in [2.45, 2.75) is 19.4 Å². The van der Waals surface area contributed by atoms with Gasteiger partial charge in [-0.15, -0.1) is 0 Å². The Kier molecular flexibility index (Phi) is 7.87. The van der Waals surface area contributed by atoms with Crippen LogP contribution in [0.1, 0.15) is 24.9 Å². The number of hydrogen-bond acceptors (Lipinski definition) is 5. The summed E-state index contributed by atoms with van der Waals surface area (Å²) < 4.78 is 5.44. The van der Waals surface area contributed by atoms with Crippen LogP contribution in [0.25, 0.3) is 0 Å². The molecule has 1 aromatic rings. The van der Waals surface area contributed by atoms with Crippen LogP contribution < -0.4 is 15.5 Å². The molecule has 1 unspecified atom stereocenters. The van der Waals surface area contributed by atoms with Crippen LogP contribution in [0.3, 0.4) is 0 Å². The molecule has 0 aliphatic carbocycles. The fourth-order valence-corrected chi connectivity index (χ4v) is 2.93. The zero-order valence-electron chi connectivity index (χ0n) is 16.0. The quantitative estimate of drug-likeness (QED) is 0.701. The maximum absolute atomic E-state index is 12.0. The highest BCUT2D eigenvalue weighted by atomic mass is 16.5. The van der Waals surface area contributed by atoms with Gasteiger partial charge in [0.05, 0.1) is 19.3 Å². The maximum Gasteiger partial charge on any atom is 0.309 e. The molecule has 26 heavy (non-hydrogen) atoms. The standard InChI is InChI=1S/C19H30N4O3/c1-4-9-20-18(24)19(25)21-14-17(23-10-12-26-13-11-23)15-5-7-16(8-6-15)22(2)3/h5-8,17H,4,9-14H2,1-3H3,(H,20,24)(H,21,25). The predicted molar refractivity (Wildman–Crippen MR) is 102 cm³/mol. The van der Waals surface area contributed by atoms with E-state index in [-0.39, 0.29) is 6.04 Å². The molecule has 1 aromatic carbocycles. The maximum atomic E-state index is 12.0. The molecule has 0 spiro atoms. The lowest BCUT2D eigenvalue weighted by molar-refractivity contribution is -0.139. The van der Waals surface area contributed by atoms with E-state index in [1.165, 1.54) is 0 Å². The minimum absolute atomic E-state index is 0.0121. The van der Waals surface area contributed by atoms with E-state index in [0.717, 1.165) is 30.8 Å². The molecule has 7 nitrogen and oxygen atoms in total. The van der Waals surface area contributed by atoms with Crippen LogP contribution in [0, 0.1) is 0 Å². The van der Waals surface area contributed by atoms with Gasteiger partial charge in [0.1, 0.15) is 0 Å². The molecule has 0 radical (unpaired) electrons. The monoisotopic (exact) mass is 362 g/mol. The van der Waals surface area contributed by atoms with Crippen LogP contribution in [0.15, 0.2) is 24.3 Å². The van der Waals surface area contributed by atoms with Crippen LogP contribution in [0.2, 0.25) is 0 Å². The van der Waals surface area contributed by atoms with Gasteiger partial charge < -0.3 is 20.3 Å². The first-order valence-corrected chi connectivity index (χ1v) is 9.18. The molecular weight excluding hydrogens is 332 g/mol. The van der Waals surface area contributed by atoms with E-state index in [2.05, 4.69) is 39.8 Å². The number of nitrogens with one attached hydrogen (secondary N) is 2. The number of ether oxygens (including phenoxy) is 1. The van der Waals surface area contributed by atoms with Gasteiger partial charge in [-0.2, -0.15) is 0 Å². The van der Waals surface area contributed by atoms with Crippen LogP contribution >= 0.6 is 0 Å². The van der Waals surface area contributed by atoms with E-state index >= 15 is 0 Å². The largest absolute Gasteiger partial charge is 0.379 e. The molecule has 0 aromatic heterocycles. The smallest absolute Gasteiger partial charge is 0.309 e. The highest BCUT2D eigenvalue weighted by Crippen LogP contribution is 2.23. The summed E-state index contributed by atoms with van der Waals surface area (Å²) in [7, 11) is 4.01. The fraction of sp³-hybridized carbons (Fsp3) is 0.579. The summed E-state index contributed by atoms with van der Waals surface area (Å²) >= 11 is 0. The summed E-state index contributed by atoms with van der Waals surface area (Å²) in [6.07, 6.45) is 0.799. The molecule has 1 fully saturated rings. The number of rotatable bonds is 7. The summed E-state index contributed by atoms with van der Waals surface area (Å²) in [5.74, 6) is -1.16. The van der Waals surface area contributed by atoms with Crippen molar-refractivity contribution in [2.75, 3.05) is 58.4 Å². The number of carbonyl (C=O) groups excluding carboxylic acids is 2. The molecule has 1 heterocycles. The van der Waals surface area contributed by atoms with Gasteiger partial charge in [-0.25, -0.2) is 0 Å². The van der Waals surface area contributed by atoms with Crippen molar-refractivity contribution < 1.29 is 14.3 Å². The topological polar surface area (TPSA) is 73.9 Å². The highest BCUT2D eigenvalue weighted by molar-refractivity contribution is 6.35. The SMILES string of the molecule is CCCNC(=O)C(=O)NCC(c1ccc(N(C)C)cc1)N1CCOCC1. The van der Waals surface area contributed by atoms with Gasteiger partial charge in [0.25, 0.3) is 0 Å². The second-order valence-corrected chi connectivity index (χ2v) is 6.62. The van der Waals surface area contributed by atoms with Crippen LogP contribution in [0.5, 0.6) is 0 Å². The number of hydrogen-bond donors (Lipinski definition) is 2. The van der Waals surface area contributed by atoms with Crippen LogP contribution in [-0.2, 0) is 14.3 Å². The van der Waals surface area contributed by atoms with Crippen LogP contribution in [0.4, 0.5) is 5.69 Å². The molecule has 0 bridgehead atoms. The Bertz CT molecular complexity index is 583. The number of benzene rings is 1. The van der Waals surface area contributed by atoms with Crippen LogP contribution in [-0.4, -0.2) is 70.2 Å². The van der Waals surface area contributed by atoms with E-state index < -0.39 is 11.8 Å². The average molecular weight is 362 g/mol. The average Bonchev–Trinajstić information content (AvgIpc) is 2.67. The van der Waals surface area contributed by atoms with E-state index in [0.29, 0.717) is 26.3 Å². The van der Waals surface area contributed by atoms with E-state index in [4.69, 9.17) is 4.74 Å². The van der Waals surface area contributed by atoms with Crippen molar-refractivity contribution in [1.82, 2.24) is 15.5 Å². The lowest BCUT2D eigenvalue weighted by atomic mass is 10.0. The van der Waals surface area contributed by atoms with Gasteiger partial charge in [0.2, 0.25) is 0 Å². The molecule has 1 aliphatic rings. The third-order valence-electron chi connectivity index (χ3n) is 4.48. The normalized spacial score (nSPS) is 16.0. The Hall–Kier alpha value is -2.12. The van der Waals surface area contributed by atoms with E-state index in [1.54, 1.807) is 0 Å². The number of anilines is 1. The van der Waals surface area contributed by atoms with E-state index in [1.807, 2.05) is 25.9 Å². The zero-order chi connectivity index (χ0) is 18.9. The summed E-state index contributed by atoms with van der Waals surface area (Å²) in [6.45, 7) is 5.80. The fourth-order valence-electron chi connectivity index (χ4n) is 2.93. The molecule has 1 aliphatic heterocycles. The Morgan fingerprint density at radius 2 is 1.73 bits per heavy atom. The molecule has 1 atom stereocenters. The number of nitrogens with zero attached hydrogens (tertiary/aromatic N) is 2. The molecule has 7 heteroatoms. The first-order chi connectivity index (χ1) is 12.5. The number of amides is 2. The van der Waals surface area contributed by atoms with Gasteiger partial charge in [0, 0.05) is 46.0 Å². The van der Waals surface area contributed by atoms with Gasteiger partial charge in [-0.05, 0) is 24.1 Å². The minimum Gasteiger partial charge on any atom is -0.379 e. The van der Waals surface area contributed by atoms with E-state index in [9.17, 15) is 9.59 Å². The summed E-state index contributed by atoms with van der Waals surface area (Å²) in [5, 5.41) is 5.39. The summed E-state index contributed by atoms with van der Waals surface area (Å²) in [5.41, 5.74) is 2.24. The Balaban J connectivity index is 2.06. The third kappa shape index (κ3) is 5.71. The molecule has 0 saturated carbocycles. The van der Waals surface area contributed by atoms with Crippen molar-refractivity contribution in [3.8, 4) is 0 Å². The minimum atomic E-state index is -0.582. The van der Waals surface area contributed by atoms with Crippen molar-refractivity contribution in [3.05, 3.63) is 29.8 Å². The highest BCUT2D eigenvalue weighted by Gasteiger charge is 2.24. The lowest BCUT2D eigenvalue weighted by Crippen LogP contribution is -2.46. The lowest BCUT2D eigenvalue weighted by Gasteiger charge is -2.35. The third-order valence-corrected chi connectivity index (χ3v) is 4.48. The number of morpholine rings is 1. The van der Waals surface area contributed by atoms with Crippen molar-refractivity contribution in [1.29, 1.82) is 0 Å². The molecule has 1 saturated heterocycles. The Morgan fingerprint density at radius 3 is 2.31 bits per heavy atom. The molecule has 2 rings (SSSR count). The molecular formula is C19H30N4O3. The van der Waals surface area contributed by atoms with Crippen molar-refractivity contribution in [2.24, 2.45) is 0 Å². The van der Waals surface area contributed by atoms with Gasteiger partial charge in [-0.1, -0.05) is 19.1 Å². The second-order valence-electron chi connectivity index (χ2n) is 6.62. The summed E-state index contributed by atoms with van der Waals surface area (Å²) in [4.78, 5) is 28.2. The molecule has 2 amide bonds. The molecule has 144 valence electrons. The van der Waals surface area contributed by atoms with Gasteiger partial charge in [0.15, 0.2) is 0 Å². The van der Waals surface area contributed by atoms with Gasteiger partial charge >= 0.3 is 11.8 Å². The Labute approximate surface area is 155 Å². The summed E-state index contributed by atoms with van der Waals surface area (Å²) in [6, 6.07) is 8.31. The first kappa shape index (κ1) is 20.2. The predicted octanol–water partition coefficient (Wildman–Crippen LogP) is 0.768. The Morgan fingerprint density at radius 1 is 1.12 bits per heavy atom.